The molecule has 0 radical (unpaired) electrons. The third-order valence-corrected chi connectivity index (χ3v) is 16.5. The highest BCUT2D eigenvalue weighted by Crippen LogP contribution is 2.43. The summed E-state index contributed by atoms with van der Waals surface area (Å²) in [5, 5.41) is 7.47. The van der Waals surface area contributed by atoms with Gasteiger partial charge in [0.1, 0.15) is 35.6 Å². The van der Waals surface area contributed by atoms with E-state index in [0.29, 0.717) is 43.0 Å². The van der Waals surface area contributed by atoms with Gasteiger partial charge in [0.15, 0.2) is 0 Å². The molecule has 1 aromatic heterocycles. The van der Waals surface area contributed by atoms with Crippen molar-refractivity contribution in [1.29, 1.82) is 0 Å². The average molecular weight is 929 g/mol. The summed E-state index contributed by atoms with van der Waals surface area (Å²) in [6, 6.07) is 5.64. The Morgan fingerprint density at radius 3 is 2.49 bits per heavy atom. The van der Waals surface area contributed by atoms with Crippen molar-refractivity contribution < 1.29 is 41.8 Å². The number of ether oxygens (including phenoxy) is 3. The first kappa shape index (κ1) is 45.1. The number of carbonyl (C=O) groups excluding carboxylic acids is 4. The van der Waals surface area contributed by atoms with Gasteiger partial charge in [0.25, 0.3) is 5.91 Å². The van der Waals surface area contributed by atoms with Crippen LogP contribution in [0.5, 0.6) is 11.6 Å². The van der Waals surface area contributed by atoms with Gasteiger partial charge in [0.05, 0.1) is 29.0 Å². The molecule has 7 rings (SSSR count). The molecule has 2 bridgehead atoms. The number of para-hydroxylation sites is 1. The SMILES string of the molecule is C=CC(C)C(C)(NC(=O)C1CC2CN1C(=O)C(C1CCCCC1)NC(=O)OC1CC1CCCCCc1c(nc3ccccc3c1OCCCBr)O2)C(=O)NS(=O)(=O)C1(C)CC1. The number of alkyl halides is 1. The van der Waals surface area contributed by atoms with E-state index in [0.717, 1.165) is 86.9 Å². The number of hydrogen-bond acceptors (Lipinski definition) is 10. The molecule has 61 heavy (non-hydrogen) atoms. The zero-order valence-electron chi connectivity index (χ0n) is 35.7. The highest BCUT2D eigenvalue weighted by Gasteiger charge is 2.54. The van der Waals surface area contributed by atoms with E-state index in [9.17, 15) is 22.8 Å². The van der Waals surface area contributed by atoms with E-state index in [1.807, 2.05) is 24.3 Å². The minimum Gasteiger partial charge on any atom is -0.492 e. The second-order valence-electron chi connectivity index (χ2n) is 18.3. The van der Waals surface area contributed by atoms with Crippen LogP contribution in [0, 0.1) is 17.8 Å². The molecule has 14 nitrogen and oxygen atoms in total. The van der Waals surface area contributed by atoms with Crippen molar-refractivity contribution in [2.45, 2.75) is 152 Å². The predicted octanol–water partition coefficient (Wildman–Crippen LogP) is 6.62. The second-order valence-corrected chi connectivity index (χ2v) is 21.3. The number of fused-ring (bicyclic) bond motifs is 5. The van der Waals surface area contributed by atoms with E-state index < -0.39 is 68.2 Å². The van der Waals surface area contributed by atoms with Gasteiger partial charge < -0.3 is 29.7 Å². The van der Waals surface area contributed by atoms with Crippen LogP contribution in [0.3, 0.4) is 0 Å². The fourth-order valence-electron chi connectivity index (χ4n) is 9.07. The third-order valence-electron chi connectivity index (χ3n) is 13.8. The number of sulfonamides is 1. The summed E-state index contributed by atoms with van der Waals surface area (Å²) >= 11 is 3.52. The molecule has 7 atom stereocenters. The molecule has 3 heterocycles. The van der Waals surface area contributed by atoms with Gasteiger partial charge in [-0.05, 0) is 95.6 Å². The fraction of sp³-hybridized carbons (Fsp3) is 0.667. The Balaban J connectivity index is 1.26. The first-order valence-electron chi connectivity index (χ1n) is 22.2. The summed E-state index contributed by atoms with van der Waals surface area (Å²) in [6.07, 6.45) is 10.9. The van der Waals surface area contributed by atoms with E-state index in [1.165, 1.54) is 17.9 Å². The van der Waals surface area contributed by atoms with Gasteiger partial charge in [-0.2, -0.15) is 0 Å². The quantitative estimate of drug-likeness (QED) is 0.119. The van der Waals surface area contributed by atoms with Crippen LogP contribution in [0.15, 0.2) is 36.9 Å². The Labute approximate surface area is 368 Å². The van der Waals surface area contributed by atoms with Gasteiger partial charge in [-0.25, -0.2) is 18.2 Å². The van der Waals surface area contributed by atoms with Crippen molar-refractivity contribution in [2.24, 2.45) is 17.8 Å². The van der Waals surface area contributed by atoms with Gasteiger partial charge in [-0.3, -0.25) is 19.1 Å². The molecular formula is C45H62BrN5O9S. The monoisotopic (exact) mass is 927 g/mol. The number of rotatable bonds is 12. The Hall–Kier alpha value is -3.92. The van der Waals surface area contributed by atoms with Gasteiger partial charge in [0.2, 0.25) is 27.7 Å². The molecule has 5 aliphatic rings. The number of benzene rings is 1. The van der Waals surface area contributed by atoms with Crippen LogP contribution in [0.2, 0.25) is 0 Å². The first-order valence-corrected chi connectivity index (χ1v) is 24.8. The minimum atomic E-state index is -4.05. The normalized spacial score (nSPS) is 27.3. The van der Waals surface area contributed by atoms with Crippen LogP contribution >= 0.6 is 15.9 Å². The molecule has 4 fully saturated rings. The molecule has 0 spiro atoms. The number of hydrogen-bond donors (Lipinski definition) is 3. The minimum absolute atomic E-state index is 0.0120. The summed E-state index contributed by atoms with van der Waals surface area (Å²) in [5.41, 5.74) is -0.251. The standard InChI is InChI=1S/C45H62BrN5O9S/c1-5-28(2)45(4,42(54)50-61(56,57)44(3)21-22-44)49-39(52)35-26-31-27-51(35)41(53)37(29-15-8-6-9-16-29)48-43(55)60-36-25-30(36)17-10-7-11-19-33-38(58-24-14-23-46)32-18-12-13-20-34(32)47-40(33)59-31/h5,12-13,18,20,28-31,35-37H,1,6-11,14-17,19,21-27H2,2-4H3,(H,48,55)(H,49,52)(H,50,54). The molecule has 1 saturated heterocycles. The Morgan fingerprint density at radius 1 is 1.08 bits per heavy atom. The zero-order valence-corrected chi connectivity index (χ0v) is 38.1. The van der Waals surface area contributed by atoms with Gasteiger partial charge in [-0.1, -0.05) is 73.2 Å². The number of nitrogens with one attached hydrogen (secondary N) is 3. The van der Waals surface area contributed by atoms with E-state index in [4.69, 9.17) is 19.2 Å². The molecule has 1 aromatic carbocycles. The van der Waals surface area contributed by atoms with E-state index in [2.05, 4.69) is 37.9 Å². The van der Waals surface area contributed by atoms with Crippen LogP contribution < -0.4 is 24.8 Å². The summed E-state index contributed by atoms with van der Waals surface area (Å²) in [6.45, 7) is 9.04. The maximum Gasteiger partial charge on any atom is 0.408 e. The lowest BCUT2D eigenvalue weighted by atomic mass is 9.83. The molecule has 3 N–H and O–H groups in total. The van der Waals surface area contributed by atoms with Crippen molar-refractivity contribution in [2.75, 3.05) is 18.5 Å². The van der Waals surface area contributed by atoms with E-state index in [1.54, 1.807) is 13.8 Å². The van der Waals surface area contributed by atoms with Crippen LogP contribution in [-0.2, 0) is 35.6 Å². The lowest BCUT2D eigenvalue weighted by Gasteiger charge is -2.37. The number of alkyl carbamates (subject to hydrolysis) is 1. The Kier molecular flexibility index (Phi) is 13.9. The van der Waals surface area contributed by atoms with Crippen molar-refractivity contribution in [1.82, 2.24) is 25.2 Å². The molecule has 334 valence electrons. The molecular weight excluding hydrogens is 866 g/mol. The lowest BCUT2D eigenvalue weighted by Crippen LogP contribution is -2.64. The maximum absolute atomic E-state index is 15.1. The topological polar surface area (TPSA) is 182 Å². The maximum atomic E-state index is 15.1. The lowest BCUT2D eigenvalue weighted by molar-refractivity contribution is -0.143. The van der Waals surface area contributed by atoms with Crippen LogP contribution in [0.4, 0.5) is 4.79 Å². The highest BCUT2D eigenvalue weighted by molar-refractivity contribution is 9.09. The summed E-state index contributed by atoms with van der Waals surface area (Å²) in [5.74, 6) is -1.56. The van der Waals surface area contributed by atoms with Crippen molar-refractivity contribution in [3.63, 3.8) is 0 Å². The summed E-state index contributed by atoms with van der Waals surface area (Å²) < 4.78 is 46.9. The highest BCUT2D eigenvalue weighted by atomic mass is 79.9. The third kappa shape index (κ3) is 10.00. The fourth-order valence-corrected chi connectivity index (χ4v) is 10.6. The molecule has 16 heteroatoms. The Morgan fingerprint density at radius 2 is 1.79 bits per heavy atom. The molecule has 2 aromatic rings. The number of carbonyl (C=O) groups is 4. The van der Waals surface area contributed by atoms with Gasteiger partial charge >= 0.3 is 6.09 Å². The van der Waals surface area contributed by atoms with Gasteiger partial charge in [-0.15, -0.1) is 6.58 Å². The number of amides is 4. The average Bonchev–Trinajstić information content (AvgIpc) is 4.14. The molecule has 3 saturated carbocycles. The Bertz CT molecular complexity index is 2090. The van der Waals surface area contributed by atoms with Gasteiger partial charge in [0, 0.05) is 23.1 Å². The number of halogens is 1. The van der Waals surface area contributed by atoms with E-state index in [-0.39, 0.29) is 30.9 Å². The van der Waals surface area contributed by atoms with Crippen LogP contribution in [0.1, 0.15) is 116 Å². The molecule has 3 aliphatic carbocycles. The van der Waals surface area contributed by atoms with E-state index >= 15 is 4.79 Å². The zero-order chi connectivity index (χ0) is 43.5. The largest absolute Gasteiger partial charge is 0.492 e. The van der Waals surface area contributed by atoms with Crippen LogP contribution in [-0.4, -0.2) is 95.2 Å². The van der Waals surface area contributed by atoms with Crippen molar-refractivity contribution >= 4 is 60.7 Å². The summed E-state index contributed by atoms with van der Waals surface area (Å²) in [4.78, 5) is 63.9. The molecule has 4 amide bonds. The number of pyridine rings is 1. The number of aromatic nitrogens is 1. The van der Waals surface area contributed by atoms with Crippen molar-refractivity contribution in [3.8, 4) is 11.6 Å². The predicted molar refractivity (Wildman–Crippen MR) is 235 cm³/mol. The smallest absolute Gasteiger partial charge is 0.408 e. The van der Waals surface area contributed by atoms with Crippen LogP contribution in [0.25, 0.3) is 10.9 Å². The molecule has 2 aliphatic heterocycles. The number of nitrogens with zero attached hydrogens (tertiary/aromatic N) is 2. The first-order chi connectivity index (χ1) is 29.2. The second kappa shape index (κ2) is 18.8. The van der Waals surface area contributed by atoms with Crippen molar-refractivity contribution in [3.05, 3.63) is 42.5 Å². The summed E-state index contributed by atoms with van der Waals surface area (Å²) in [7, 11) is -4.05. The molecule has 7 unspecified atom stereocenters.